The van der Waals surface area contributed by atoms with E-state index in [0.717, 1.165) is 31.3 Å². The summed E-state index contributed by atoms with van der Waals surface area (Å²) < 4.78 is 20.0. The Morgan fingerprint density at radius 2 is 1.76 bits per heavy atom. The van der Waals surface area contributed by atoms with Crippen LogP contribution in [0, 0.1) is 5.82 Å². The van der Waals surface area contributed by atoms with Gasteiger partial charge in [0, 0.05) is 18.5 Å². The molecule has 0 unspecified atom stereocenters. The van der Waals surface area contributed by atoms with Gasteiger partial charge in [-0.25, -0.2) is 14.4 Å². The molecule has 0 radical (unpaired) electrons. The highest BCUT2D eigenvalue weighted by Crippen LogP contribution is 2.34. The molecular weight excluding hydrogens is 371 g/mol. The third kappa shape index (κ3) is 3.18. The Morgan fingerprint density at radius 3 is 2.59 bits per heavy atom. The highest BCUT2D eigenvalue weighted by atomic mass is 19.1. The Labute approximate surface area is 166 Å². The third-order valence-corrected chi connectivity index (χ3v) is 5.18. The van der Waals surface area contributed by atoms with E-state index in [4.69, 9.17) is 4.42 Å². The standard InChI is InChI=1S/C22H19FN4O2/c23-15-9-3-4-10-16(15)24-22(28)20-25-18-14-8-2-5-11-17(14)29-19(18)21(26-20)27-12-6-1-7-13-27/h2-5,8-11H,1,6-7,12-13H2,(H,24,28). The maximum atomic E-state index is 14.0. The SMILES string of the molecule is O=C(Nc1ccccc1F)c1nc(N2CCCCC2)c2oc3ccccc3c2n1. The number of aromatic nitrogens is 2. The lowest BCUT2D eigenvalue weighted by Gasteiger charge is -2.27. The molecular formula is C22H19FN4O2. The van der Waals surface area contributed by atoms with Crippen molar-refractivity contribution in [1.29, 1.82) is 0 Å². The van der Waals surface area contributed by atoms with E-state index < -0.39 is 11.7 Å². The molecule has 0 bridgehead atoms. The zero-order chi connectivity index (χ0) is 19.8. The van der Waals surface area contributed by atoms with Crippen LogP contribution in [0.2, 0.25) is 0 Å². The van der Waals surface area contributed by atoms with Crippen molar-refractivity contribution in [2.45, 2.75) is 19.3 Å². The van der Waals surface area contributed by atoms with E-state index in [1.165, 1.54) is 18.6 Å². The first-order valence-electron chi connectivity index (χ1n) is 9.71. The van der Waals surface area contributed by atoms with Gasteiger partial charge in [-0.15, -0.1) is 0 Å². The van der Waals surface area contributed by atoms with Crippen LogP contribution in [0.25, 0.3) is 22.1 Å². The van der Waals surface area contributed by atoms with E-state index >= 15 is 0 Å². The van der Waals surface area contributed by atoms with Gasteiger partial charge in [0.2, 0.25) is 5.82 Å². The van der Waals surface area contributed by atoms with Crippen LogP contribution >= 0.6 is 0 Å². The van der Waals surface area contributed by atoms with E-state index in [0.29, 0.717) is 22.5 Å². The summed E-state index contributed by atoms with van der Waals surface area (Å²) in [6.07, 6.45) is 3.29. The average molecular weight is 390 g/mol. The van der Waals surface area contributed by atoms with Crippen LogP contribution in [-0.2, 0) is 0 Å². The summed E-state index contributed by atoms with van der Waals surface area (Å²) in [5, 5.41) is 3.40. The third-order valence-electron chi connectivity index (χ3n) is 5.18. The largest absolute Gasteiger partial charge is 0.450 e. The monoisotopic (exact) mass is 390 g/mol. The Morgan fingerprint density at radius 1 is 1.00 bits per heavy atom. The number of carbonyl (C=O) groups is 1. The molecule has 5 rings (SSSR count). The first-order chi connectivity index (χ1) is 14.2. The van der Waals surface area contributed by atoms with Gasteiger partial charge in [-0.2, -0.15) is 0 Å². The van der Waals surface area contributed by atoms with Crippen molar-refractivity contribution in [3.8, 4) is 0 Å². The molecule has 4 aromatic rings. The van der Waals surface area contributed by atoms with Gasteiger partial charge in [-0.3, -0.25) is 4.79 Å². The normalized spacial score (nSPS) is 14.4. The van der Waals surface area contributed by atoms with Crippen LogP contribution in [0.4, 0.5) is 15.9 Å². The molecule has 1 fully saturated rings. The van der Waals surface area contributed by atoms with Crippen molar-refractivity contribution < 1.29 is 13.6 Å². The van der Waals surface area contributed by atoms with Gasteiger partial charge in [0.25, 0.3) is 5.91 Å². The topological polar surface area (TPSA) is 71.3 Å². The summed E-state index contributed by atoms with van der Waals surface area (Å²) in [7, 11) is 0. The lowest BCUT2D eigenvalue weighted by molar-refractivity contribution is 0.101. The quantitative estimate of drug-likeness (QED) is 0.546. The van der Waals surface area contributed by atoms with Gasteiger partial charge in [-0.1, -0.05) is 24.3 Å². The molecule has 1 aliphatic heterocycles. The number of furan rings is 1. The summed E-state index contributed by atoms with van der Waals surface area (Å²) in [5.41, 5.74) is 1.96. The van der Waals surface area contributed by atoms with Crippen LogP contribution in [-0.4, -0.2) is 29.0 Å². The number of piperidine rings is 1. The molecule has 0 spiro atoms. The molecule has 2 aromatic heterocycles. The van der Waals surface area contributed by atoms with E-state index in [-0.39, 0.29) is 11.5 Å². The smallest absolute Gasteiger partial charge is 0.293 e. The highest BCUT2D eigenvalue weighted by Gasteiger charge is 2.24. The van der Waals surface area contributed by atoms with Gasteiger partial charge in [0.05, 0.1) is 5.69 Å². The molecule has 1 N–H and O–H groups in total. The second-order valence-corrected chi connectivity index (χ2v) is 7.13. The van der Waals surface area contributed by atoms with Crippen LogP contribution in [0.3, 0.4) is 0 Å². The fourth-order valence-electron chi connectivity index (χ4n) is 3.74. The number of amides is 1. The zero-order valence-electron chi connectivity index (χ0n) is 15.7. The molecule has 0 aliphatic carbocycles. The number of rotatable bonds is 3. The van der Waals surface area contributed by atoms with E-state index in [1.54, 1.807) is 12.1 Å². The molecule has 146 valence electrons. The molecule has 2 aromatic carbocycles. The van der Waals surface area contributed by atoms with Crippen LogP contribution in [0.15, 0.2) is 52.9 Å². The molecule has 1 amide bonds. The maximum Gasteiger partial charge on any atom is 0.293 e. The fourth-order valence-corrected chi connectivity index (χ4v) is 3.74. The number of carbonyl (C=O) groups excluding carboxylic acids is 1. The number of anilines is 2. The average Bonchev–Trinajstić information content (AvgIpc) is 3.14. The van der Waals surface area contributed by atoms with Crippen LogP contribution < -0.4 is 10.2 Å². The maximum absolute atomic E-state index is 14.0. The summed E-state index contributed by atoms with van der Waals surface area (Å²) in [4.78, 5) is 24.0. The van der Waals surface area contributed by atoms with Gasteiger partial charge in [0.15, 0.2) is 11.4 Å². The molecule has 29 heavy (non-hydrogen) atoms. The van der Waals surface area contributed by atoms with Gasteiger partial charge in [-0.05, 0) is 43.5 Å². The van der Waals surface area contributed by atoms with Crippen molar-refractivity contribution in [2.75, 3.05) is 23.3 Å². The summed E-state index contributed by atoms with van der Waals surface area (Å²) in [6.45, 7) is 1.69. The molecule has 0 saturated carbocycles. The van der Waals surface area contributed by atoms with Crippen molar-refractivity contribution in [3.63, 3.8) is 0 Å². The molecule has 1 saturated heterocycles. The van der Waals surface area contributed by atoms with E-state index in [2.05, 4.69) is 20.2 Å². The van der Waals surface area contributed by atoms with Crippen LogP contribution in [0.5, 0.6) is 0 Å². The molecule has 6 nitrogen and oxygen atoms in total. The minimum Gasteiger partial charge on any atom is -0.450 e. The molecule has 3 heterocycles. The Bertz CT molecular complexity index is 1210. The minimum absolute atomic E-state index is 0.00659. The Balaban J connectivity index is 1.64. The predicted molar refractivity (Wildman–Crippen MR) is 110 cm³/mol. The number of nitrogens with zero attached hydrogens (tertiary/aromatic N) is 3. The summed E-state index contributed by atoms with van der Waals surface area (Å²) in [6, 6.07) is 13.6. The predicted octanol–water partition coefficient (Wildman–Crippen LogP) is 4.76. The van der Waals surface area contributed by atoms with E-state index in [9.17, 15) is 9.18 Å². The Hall–Kier alpha value is -3.48. The fraction of sp³-hybridized carbons (Fsp3) is 0.227. The number of nitrogens with one attached hydrogen (secondary N) is 1. The molecule has 7 heteroatoms. The van der Waals surface area contributed by atoms with Crippen molar-refractivity contribution in [2.24, 2.45) is 0 Å². The number of hydrogen-bond acceptors (Lipinski definition) is 5. The Kier molecular flexibility index (Phi) is 4.35. The first-order valence-corrected chi connectivity index (χ1v) is 9.71. The number of benzene rings is 2. The van der Waals surface area contributed by atoms with Gasteiger partial charge >= 0.3 is 0 Å². The van der Waals surface area contributed by atoms with Gasteiger partial charge in [0.1, 0.15) is 16.9 Å². The summed E-state index contributed by atoms with van der Waals surface area (Å²) in [5.74, 6) is -0.454. The number of para-hydroxylation sites is 2. The summed E-state index contributed by atoms with van der Waals surface area (Å²) >= 11 is 0. The second kappa shape index (κ2) is 7.16. The molecule has 1 aliphatic rings. The first kappa shape index (κ1) is 17.6. The number of halogens is 1. The van der Waals surface area contributed by atoms with Gasteiger partial charge < -0.3 is 14.6 Å². The second-order valence-electron chi connectivity index (χ2n) is 7.13. The number of fused-ring (bicyclic) bond motifs is 3. The van der Waals surface area contributed by atoms with Crippen molar-refractivity contribution in [1.82, 2.24) is 9.97 Å². The highest BCUT2D eigenvalue weighted by molar-refractivity contribution is 6.09. The van der Waals surface area contributed by atoms with Crippen LogP contribution in [0.1, 0.15) is 29.9 Å². The lowest BCUT2D eigenvalue weighted by atomic mass is 10.1. The number of hydrogen-bond donors (Lipinski definition) is 1. The lowest BCUT2D eigenvalue weighted by Crippen LogP contribution is -2.31. The van der Waals surface area contributed by atoms with Crippen molar-refractivity contribution in [3.05, 3.63) is 60.2 Å². The molecule has 0 atom stereocenters. The van der Waals surface area contributed by atoms with Crippen molar-refractivity contribution >= 4 is 39.5 Å². The minimum atomic E-state index is -0.555. The zero-order valence-corrected chi connectivity index (χ0v) is 15.7. The van der Waals surface area contributed by atoms with E-state index in [1.807, 2.05) is 24.3 Å².